The second-order valence-corrected chi connectivity index (χ2v) is 6.12. The molecule has 2 heterocycles. The third-order valence-corrected chi connectivity index (χ3v) is 3.78. The number of carbonyl (C=O) groups is 1. The number of aryl methyl sites for hydroxylation is 2. The Labute approximate surface area is 121 Å². The van der Waals surface area contributed by atoms with Crippen molar-refractivity contribution in [3.63, 3.8) is 0 Å². The van der Waals surface area contributed by atoms with Crippen molar-refractivity contribution in [2.75, 3.05) is 7.05 Å². The van der Waals surface area contributed by atoms with E-state index in [9.17, 15) is 13.2 Å². The summed E-state index contributed by atoms with van der Waals surface area (Å²) in [4.78, 5) is 13.6. The fourth-order valence-electron chi connectivity index (χ4n) is 1.81. The fourth-order valence-corrected chi connectivity index (χ4v) is 2.28. The summed E-state index contributed by atoms with van der Waals surface area (Å²) in [5.74, 6) is 0.0509. The molecule has 8 nitrogen and oxygen atoms in total. The number of nitrogens with two attached hydrogens (primary N) is 1. The number of amides is 1. The van der Waals surface area contributed by atoms with Gasteiger partial charge in [-0.3, -0.25) is 4.79 Å². The zero-order valence-electron chi connectivity index (χ0n) is 11.8. The second kappa shape index (κ2) is 5.34. The number of hydrogen-bond acceptors (Lipinski definition) is 6. The van der Waals surface area contributed by atoms with Gasteiger partial charge < -0.3 is 13.8 Å². The molecular formula is C12H15N3O5S. The third-order valence-electron chi connectivity index (χ3n) is 3.00. The van der Waals surface area contributed by atoms with Gasteiger partial charge in [0.2, 0.25) is 5.09 Å². The summed E-state index contributed by atoms with van der Waals surface area (Å²) in [6.07, 6.45) is 0. The van der Waals surface area contributed by atoms with Crippen molar-refractivity contribution in [2.45, 2.75) is 25.5 Å². The molecule has 21 heavy (non-hydrogen) atoms. The molecule has 0 radical (unpaired) electrons. The zero-order valence-corrected chi connectivity index (χ0v) is 12.6. The minimum atomic E-state index is -3.97. The van der Waals surface area contributed by atoms with Gasteiger partial charge in [-0.25, -0.2) is 13.6 Å². The molecule has 2 aromatic rings. The molecule has 0 aliphatic rings. The summed E-state index contributed by atoms with van der Waals surface area (Å²) in [5.41, 5.74) is 1.49. The summed E-state index contributed by atoms with van der Waals surface area (Å²) in [7, 11) is -2.40. The van der Waals surface area contributed by atoms with E-state index < -0.39 is 21.0 Å². The maximum Gasteiger partial charge on any atom is 0.289 e. The molecule has 0 bridgehead atoms. The Bertz CT molecular complexity index is 755. The highest BCUT2D eigenvalue weighted by Gasteiger charge is 2.22. The molecule has 0 aromatic carbocycles. The molecule has 2 aromatic heterocycles. The summed E-state index contributed by atoms with van der Waals surface area (Å²) in [6.45, 7) is 3.79. The highest BCUT2D eigenvalue weighted by atomic mass is 32.2. The van der Waals surface area contributed by atoms with Gasteiger partial charge in [-0.2, -0.15) is 0 Å². The predicted octanol–water partition coefficient (Wildman–Crippen LogP) is 0.804. The van der Waals surface area contributed by atoms with Crippen molar-refractivity contribution in [1.82, 2.24) is 10.1 Å². The highest BCUT2D eigenvalue weighted by Crippen LogP contribution is 2.18. The molecule has 1 amide bonds. The molecule has 2 N–H and O–H groups in total. The lowest BCUT2D eigenvalue weighted by atomic mass is 10.2. The van der Waals surface area contributed by atoms with E-state index >= 15 is 0 Å². The molecule has 0 saturated heterocycles. The fraction of sp³-hybridized carbons (Fsp3) is 0.333. The van der Waals surface area contributed by atoms with Crippen LogP contribution in [-0.2, 0) is 16.6 Å². The maximum atomic E-state index is 12.2. The van der Waals surface area contributed by atoms with Gasteiger partial charge >= 0.3 is 0 Å². The number of rotatable bonds is 4. The summed E-state index contributed by atoms with van der Waals surface area (Å²) >= 11 is 0. The van der Waals surface area contributed by atoms with Crippen molar-refractivity contribution >= 4 is 15.9 Å². The van der Waals surface area contributed by atoms with E-state index in [0.717, 1.165) is 11.6 Å². The molecule has 0 saturated carbocycles. The van der Waals surface area contributed by atoms with Gasteiger partial charge in [-0.1, -0.05) is 5.16 Å². The Balaban J connectivity index is 2.18. The Hall–Kier alpha value is -2.13. The lowest BCUT2D eigenvalue weighted by Gasteiger charge is -2.15. The molecule has 0 atom stereocenters. The van der Waals surface area contributed by atoms with Crippen LogP contribution in [0.4, 0.5) is 0 Å². The number of hydrogen-bond donors (Lipinski definition) is 1. The molecule has 0 unspecified atom stereocenters. The van der Waals surface area contributed by atoms with Gasteiger partial charge in [0.15, 0.2) is 5.76 Å². The zero-order chi connectivity index (χ0) is 15.8. The standard InChI is InChI=1S/C12H15N3O5S/c1-7-9(8(2)20-14-7)6-15(3)12(16)10-4-5-11(19-10)21(13,17)18/h4-5H,6H2,1-3H3,(H2,13,17,18). The van der Waals surface area contributed by atoms with Crippen LogP contribution < -0.4 is 5.14 Å². The van der Waals surface area contributed by atoms with Crippen LogP contribution in [0, 0.1) is 13.8 Å². The number of primary sulfonamides is 1. The average molecular weight is 313 g/mol. The normalized spacial score (nSPS) is 11.6. The molecule has 114 valence electrons. The van der Waals surface area contributed by atoms with Crippen LogP contribution in [0.3, 0.4) is 0 Å². The molecule has 2 rings (SSSR count). The topological polar surface area (TPSA) is 120 Å². The van der Waals surface area contributed by atoms with Gasteiger partial charge in [-0.05, 0) is 26.0 Å². The molecule has 9 heteroatoms. The highest BCUT2D eigenvalue weighted by molar-refractivity contribution is 7.89. The van der Waals surface area contributed by atoms with Crippen molar-refractivity contribution < 1.29 is 22.2 Å². The van der Waals surface area contributed by atoms with Crippen molar-refractivity contribution in [1.29, 1.82) is 0 Å². The molecule has 0 aliphatic heterocycles. The van der Waals surface area contributed by atoms with Crippen LogP contribution in [0.5, 0.6) is 0 Å². The number of aromatic nitrogens is 1. The van der Waals surface area contributed by atoms with Crippen LogP contribution >= 0.6 is 0 Å². The first-order valence-corrected chi connectivity index (χ1v) is 7.54. The summed E-state index contributed by atoms with van der Waals surface area (Å²) in [6, 6.07) is 2.41. The van der Waals surface area contributed by atoms with E-state index in [1.807, 2.05) is 0 Å². The lowest BCUT2D eigenvalue weighted by molar-refractivity contribution is 0.0747. The number of furan rings is 1. The van der Waals surface area contributed by atoms with E-state index in [0.29, 0.717) is 11.5 Å². The quantitative estimate of drug-likeness (QED) is 0.891. The van der Waals surface area contributed by atoms with Gasteiger partial charge in [0.05, 0.1) is 12.2 Å². The van der Waals surface area contributed by atoms with E-state index in [1.54, 1.807) is 20.9 Å². The van der Waals surface area contributed by atoms with Crippen molar-refractivity contribution in [3.8, 4) is 0 Å². The molecule has 0 fully saturated rings. The second-order valence-electron chi connectivity index (χ2n) is 4.63. The Morgan fingerprint density at radius 1 is 1.38 bits per heavy atom. The van der Waals surface area contributed by atoms with E-state index in [2.05, 4.69) is 5.16 Å². The van der Waals surface area contributed by atoms with Gasteiger partial charge in [-0.15, -0.1) is 0 Å². The Morgan fingerprint density at radius 3 is 2.52 bits per heavy atom. The van der Waals surface area contributed by atoms with Gasteiger partial charge in [0.1, 0.15) is 5.76 Å². The number of nitrogens with zero attached hydrogens (tertiary/aromatic N) is 2. The SMILES string of the molecule is Cc1noc(C)c1CN(C)C(=O)c1ccc(S(N)(=O)=O)o1. The summed E-state index contributed by atoms with van der Waals surface area (Å²) < 4.78 is 32.2. The lowest BCUT2D eigenvalue weighted by Crippen LogP contribution is -2.26. The van der Waals surface area contributed by atoms with Crippen LogP contribution in [0.15, 0.2) is 26.2 Å². The molecule has 0 aliphatic carbocycles. The predicted molar refractivity (Wildman–Crippen MR) is 71.9 cm³/mol. The Kier molecular flexibility index (Phi) is 3.88. The summed E-state index contributed by atoms with van der Waals surface area (Å²) in [5, 5.41) is 8.29. The average Bonchev–Trinajstić information content (AvgIpc) is 2.99. The Morgan fingerprint density at radius 2 is 2.05 bits per heavy atom. The number of sulfonamides is 1. The van der Waals surface area contributed by atoms with Crippen molar-refractivity contribution in [3.05, 3.63) is 34.9 Å². The van der Waals surface area contributed by atoms with Crippen LogP contribution in [0.1, 0.15) is 27.6 Å². The smallest absolute Gasteiger partial charge is 0.289 e. The van der Waals surface area contributed by atoms with Crippen LogP contribution in [-0.4, -0.2) is 31.4 Å². The first kappa shape index (κ1) is 15.3. The van der Waals surface area contributed by atoms with E-state index in [1.165, 1.54) is 11.0 Å². The molecular weight excluding hydrogens is 298 g/mol. The monoisotopic (exact) mass is 313 g/mol. The van der Waals surface area contributed by atoms with E-state index in [4.69, 9.17) is 14.1 Å². The van der Waals surface area contributed by atoms with Crippen LogP contribution in [0.25, 0.3) is 0 Å². The van der Waals surface area contributed by atoms with E-state index in [-0.39, 0.29) is 12.3 Å². The van der Waals surface area contributed by atoms with Crippen molar-refractivity contribution in [2.24, 2.45) is 5.14 Å². The first-order valence-electron chi connectivity index (χ1n) is 6.00. The first-order chi connectivity index (χ1) is 9.70. The van der Waals surface area contributed by atoms with Gasteiger partial charge in [0.25, 0.3) is 15.9 Å². The minimum absolute atomic E-state index is 0.103. The van der Waals surface area contributed by atoms with Gasteiger partial charge in [0, 0.05) is 12.6 Å². The number of carbonyl (C=O) groups excluding carboxylic acids is 1. The maximum absolute atomic E-state index is 12.2. The van der Waals surface area contributed by atoms with Crippen LogP contribution in [0.2, 0.25) is 0 Å². The molecule has 0 spiro atoms. The minimum Gasteiger partial charge on any atom is -0.438 e. The third kappa shape index (κ3) is 3.14. The largest absolute Gasteiger partial charge is 0.438 e.